The minimum atomic E-state index is -4.24. The van der Waals surface area contributed by atoms with Crippen LogP contribution in [0.5, 0.6) is 0 Å². The van der Waals surface area contributed by atoms with E-state index in [-0.39, 0.29) is 19.4 Å². The van der Waals surface area contributed by atoms with E-state index < -0.39 is 240 Å². The molecule has 30 atom stereocenters. The molecule has 22 aliphatic rings. The molecular formula is C42H72O33S. The molecule has 22 rings (SSSR count). The minimum Gasteiger partial charge on any atom is -0.394 e. The molecule has 0 saturated carbocycles. The molecule has 0 amide bonds. The van der Waals surface area contributed by atoms with E-state index in [2.05, 4.69) is 0 Å². The molecule has 76 heavy (non-hydrogen) atoms. The smallest absolute Gasteiger partial charge is 0.264 e. The highest BCUT2D eigenvalue weighted by Crippen LogP contribution is 2.38. The Morgan fingerprint density at radius 3 is 0.803 bits per heavy atom. The van der Waals surface area contributed by atoms with Gasteiger partial charge in [0.25, 0.3) is 10.1 Å². The summed E-state index contributed by atoms with van der Waals surface area (Å²) in [5.74, 6) is -0.515. The van der Waals surface area contributed by atoms with Crippen molar-refractivity contribution in [2.45, 2.75) is 210 Å². The maximum absolute atomic E-state index is 11.9. The van der Waals surface area contributed by atoms with Gasteiger partial charge in [0.15, 0.2) is 37.7 Å². The van der Waals surface area contributed by atoms with Crippen molar-refractivity contribution in [2.75, 3.05) is 52.0 Å². The van der Waals surface area contributed by atoms with E-state index in [1.54, 1.807) is 0 Å². The third-order valence-corrected chi connectivity index (χ3v) is 15.1. The lowest BCUT2D eigenvalue weighted by molar-refractivity contribution is -0.404. The summed E-state index contributed by atoms with van der Waals surface area (Å²) in [5, 5.41) is 188. The molecule has 0 aromatic rings. The summed E-state index contributed by atoms with van der Waals surface area (Å²) >= 11 is 0. The topological polar surface area (TPSA) is 518 Å². The summed E-state index contributed by atoms with van der Waals surface area (Å²) < 4.78 is 107. The average molecular weight is 1140 g/mol. The second-order valence-electron chi connectivity index (χ2n) is 19.4. The van der Waals surface area contributed by atoms with Crippen molar-refractivity contribution in [1.82, 2.24) is 0 Å². The van der Waals surface area contributed by atoms with Gasteiger partial charge in [0.05, 0.1) is 45.4 Å². The Hall–Kier alpha value is -1.29. The molecule has 444 valence electrons. The Balaban J connectivity index is 1.20. The van der Waals surface area contributed by atoms with Gasteiger partial charge in [0.1, 0.15) is 146 Å². The highest BCUT2D eigenvalue weighted by atomic mass is 32.2. The van der Waals surface area contributed by atoms with Gasteiger partial charge in [-0.25, -0.2) is 0 Å². The van der Waals surface area contributed by atoms with Crippen LogP contribution in [0.15, 0.2) is 0 Å². The molecule has 33 nitrogen and oxygen atoms in total. The molecule has 22 aliphatic heterocycles. The summed E-state index contributed by atoms with van der Waals surface area (Å²) in [7, 11) is -4.24. The lowest BCUT2D eigenvalue weighted by Crippen LogP contribution is -2.69. The SMILES string of the molecule is O=S(=O)(O)CCCCCCO[C@@H]1[C@@H](O)[C@H]2O[C@H]3[C@H](O)[C@@H](O)[C@@H](O[C@H]4[C@H](O)[C@@H](O)[C@@H](O[C@H]5[C@H](O)[C@@H](O)[C@@H](O[C@H]6[C@H](O)[C@@H](O)[C@@H](O[C@H]7[C@H](O)[C@@H](O)[C@@H](O[C@H]1[C@@H](CO)O2)O[C@@H]7CO)O[C@@H]6CO)O[C@@H]5CO)O[C@@H]4CO)O[C@@H]3CO. The standard InChI is InChI=1S/C42H72O33S/c43-7-13-30-19(49)24(54)37(64-13)71-31-14(8-44)66-39(26(56)21(31)51)73-33-16(10-46)68-41(28(58)23(33)53)75-35-18(12-48)69-42(29(59)36(35)63-5-3-1-2-4-6-76(60,61)62)74-34-17(11-47)67-40(27(57)22(34)52)72-32-15(9-45)65-38(70-30)25(55)20(32)50/h13-59H,1-12H2,(H,60,61,62)/t13-,14-,15-,16-,17-,18-,19-,20-,21-,22-,23-,24-,25-,26-,27-,28-,29-,30-,31-,32-,33-,34-,35+,36-,37-,38-,39-,40-,41-,42-/m1/s1. The second kappa shape index (κ2) is 27.2. The summed E-state index contributed by atoms with van der Waals surface area (Å²) in [6.07, 6.45) is -57.5. The zero-order valence-corrected chi connectivity index (χ0v) is 41.2. The number of hydrogen-bond acceptors (Lipinski definition) is 32. The number of aliphatic hydroxyl groups excluding tert-OH is 17. The fraction of sp³-hybridized carbons (Fsp3) is 1.00. The first-order chi connectivity index (χ1) is 36.1. The van der Waals surface area contributed by atoms with Gasteiger partial charge in [-0.15, -0.1) is 0 Å². The van der Waals surface area contributed by atoms with Crippen molar-refractivity contribution in [3.05, 3.63) is 0 Å². The molecule has 22 heterocycles. The van der Waals surface area contributed by atoms with Crippen molar-refractivity contribution in [3.63, 3.8) is 0 Å². The predicted molar refractivity (Wildman–Crippen MR) is 234 cm³/mol. The number of rotatable bonds is 14. The molecule has 0 aromatic carbocycles. The minimum absolute atomic E-state index is 0.0791. The highest BCUT2D eigenvalue weighted by Gasteiger charge is 2.59. The van der Waals surface area contributed by atoms with E-state index in [1.807, 2.05) is 0 Å². The summed E-state index contributed by atoms with van der Waals surface area (Å²) in [6, 6.07) is 0. The van der Waals surface area contributed by atoms with Crippen LogP contribution in [0, 0.1) is 0 Å². The zero-order valence-electron chi connectivity index (χ0n) is 40.4. The van der Waals surface area contributed by atoms with Crippen molar-refractivity contribution in [2.24, 2.45) is 0 Å². The number of aliphatic hydroxyl groups is 17. The van der Waals surface area contributed by atoms with Crippen LogP contribution in [0.2, 0.25) is 0 Å². The summed E-state index contributed by atoms with van der Waals surface area (Å²) in [6.45, 7) is -6.31. The van der Waals surface area contributed by atoms with Gasteiger partial charge in [0.2, 0.25) is 0 Å². The monoisotopic (exact) mass is 1140 g/mol. The van der Waals surface area contributed by atoms with Crippen LogP contribution in [-0.4, -0.2) is 336 Å². The highest BCUT2D eigenvalue weighted by molar-refractivity contribution is 7.85. The first-order valence-electron chi connectivity index (χ1n) is 24.7. The van der Waals surface area contributed by atoms with Crippen molar-refractivity contribution < 1.29 is 161 Å². The molecule has 0 aromatic heterocycles. The van der Waals surface area contributed by atoms with E-state index >= 15 is 0 Å². The van der Waals surface area contributed by atoms with E-state index in [4.69, 9.17) is 66.1 Å². The quantitative estimate of drug-likeness (QED) is 0.0567. The summed E-state index contributed by atoms with van der Waals surface area (Å²) in [5.41, 5.74) is 0. The maximum Gasteiger partial charge on any atom is 0.264 e. The van der Waals surface area contributed by atoms with Crippen LogP contribution in [0.25, 0.3) is 0 Å². The van der Waals surface area contributed by atoms with Gasteiger partial charge in [-0.3, -0.25) is 4.55 Å². The first-order valence-corrected chi connectivity index (χ1v) is 26.3. The van der Waals surface area contributed by atoms with Crippen LogP contribution >= 0.6 is 0 Å². The Labute approximate surface area is 432 Å². The fourth-order valence-electron chi connectivity index (χ4n) is 10.1. The maximum atomic E-state index is 11.9. The summed E-state index contributed by atoms with van der Waals surface area (Å²) in [4.78, 5) is 0. The Kier molecular flexibility index (Phi) is 22.3. The van der Waals surface area contributed by atoms with E-state index in [0.717, 1.165) is 0 Å². The zero-order chi connectivity index (χ0) is 55.5. The average Bonchev–Trinajstić information content (AvgIpc) is 3.41. The van der Waals surface area contributed by atoms with Gasteiger partial charge in [0, 0.05) is 6.61 Å². The molecule has 0 radical (unpaired) electrons. The van der Waals surface area contributed by atoms with Crippen LogP contribution in [0.3, 0.4) is 0 Å². The second-order valence-corrected chi connectivity index (χ2v) is 21.0. The largest absolute Gasteiger partial charge is 0.394 e. The predicted octanol–water partition coefficient (Wildman–Crippen LogP) is -11.6. The van der Waals surface area contributed by atoms with Crippen molar-refractivity contribution in [1.29, 1.82) is 0 Å². The first kappa shape index (κ1) is 62.3. The molecule has 0 aliphatic carbocycles. The molecule has 22 saturated heterocycles. The molecule has 18 N–H and O–H groups in total. The molecule has 22 fully saturated rings. The third-order valence-electron chi connectivity index (χ3n) is 14.3. The van der Waals surface area contributed by atoms with E-state index in [0.29, 0.717) is 12.8 Å². The lowest BCUT2D eigenvalue weighted by atomic mass is 9.94. The Morgan fingerprint density at radius 1 is 0.303 bits per heavy atom. The van der Waals surface area contributed by atoms with E-state index in [1.165, 1.54) is 0 Å². The van der Waals surface area contributed by atoms with Crippen LogP contribution in [-0.2, 0) is 71.7 Å². The number of unbranched alkanes of at least 4 members (excludes halogenated alkanes) is 3. The normalized spacial score (nSPS) is 49.9. The van der Waals surface area contributed by atoms with Gasteiger partial charge in [-0.2, -0.15) is 8.42 Å². The number of ether oxygens (including phenoxy) is 13. The van der Waals surface area contributed by atoms with E-state index in [9.17, 15) is 95.2 Å². The van der Waals surface area contributed by atoms with Crippen LogP contribution in [0.1, 0.15) is 25.7 Å². The van der Waals surface area contributed by atoms with Gasteiger partial charge >= 0.3 is 0 Å². The lowest BCUT2D eigenvalue weighted by Gasteiger charge is -2.51. The third kappa shape index (κ3) is 13.6. The Morgan fingerprint density at radius 2 is 0.539 bits per heavy atom. The number of hydrogen-bond donors (Lipinski definition) is 18. The van der Waals surface area contributed by atoms with Gasteiger partial charge in [-0.1, -0.05) is 12.8 Å². The molecule has 12 bridgehead atoms. The molecule has 0 spiro atoms. The van der Waals surface area contributed by atoms with Crippen LogP contribution in [0.4, 0.5) is 0 Å². The Bertz CT molecular complexity index is 1870. The van der Waals surface area contributed by atoms with Crippen molar-refractivity contribution >= 4 is 10.1 Å². The van der Waals surface area contributed by atoms with Crippen LogP contribution < -0.4 is 0 Å². The van der Waals surface area contributed by atoms with Crippen molar-refractivity contribution in [3.8, 4) is 0 Å². The van der Waals surface area contributed by atoms with Gasteiger partial charge < -0.3 is 148 Å². The molecular weight excluding hydrogens is 1060 g/mol. The molecule has 0 unspecified atom stereocenters. The van der Waals surface area contributed by atoms with Gasteiger partial charge in [-0.05, 0) is 12.8 Å². The fourth-order valence-corrected chi connectivity index (χ4v) is 10.6. The molecule has 34 heteroatoms.